The number of nitrogens with one attached hydrogen (secondary N) is 2. The summed E-state index contributed by atoms with van der Waals surface area (Å²) in [5.41, 5.74) is 28.5. The third-order valence-corrected chi connectivity index (χ3v) is 33.9. The van der Waals surface area contributed by atoms with Gasteiger partial charge in [-0.15, -0.1) is 0 Å². The van der Waals surface area contributed by atoms with E-state index >= 15 is 0 Å². The van der Waals surface area contributed by atoms with Crippen LogP contribution >= 0.6 is 404 Å². The van der Waals surface area contributed by atoms with E-state index in [9.17, 15) is 0 Å². The van der Waals surface area contributed by atoms with Crippen LogP contribution in [0.1, 0.15) is 159 Å². The molecule has 13 rings (SSSR count). The minimum absolute atomic E-state index is 0.232. The van der Waals surface area contributed by atoms with Gasteiger partial charge in [0, 0.05) is 91.7 Å². The number of aromatic amines is 2. The Morgan fingerprint density at radius 2 is 0.294 bits per heavy atom. The van der Waals surface area contributed by atoms with Crippen LogP contribution in [-0.2, 0) is 0 Å². The first-order valence-electron chi connectivity index (χ1n) is 42.3. The second kappa shape index (κ2) is 52.3. The third kappa shape index (κ3) is 28.8. The van der Waals surface area contributed by atoms with E-state index in [0.717, 1.165) is 178 Å². The predicted octanol–water partition coefficient (Wildman–Crippen LogP) is 31.6. The topological polar surface area (TPSA) is 57.4 Å². The summed E-state index contributed by atoms with van der Waals surface area (Å²) in [5.74, 6) is -1.85. The summed E-state index contributed by atoms with van der Waals surface area (Å²) in [5, 5.41) is 0. The number of thiol groups is 32. The molecule has 714 valence electrons. The van der Waals surface area contributed by atoms with E-state index in [0.29, 0.717) is 0 Å². The summed E-state index contributed by atoms with van der Waals surface area (Å²) in [7, 11) is 0. The highest BCUT2D eigenvalue weighted by Crippen LogP contribution is 2.49. The van der Waals surface area contributed by atoms with Crippen molar-refractivity contribution in [3.8, 4) is 44.5 Å². The lowest BCUT2D eigenvalue weighted by Gasteiger charge is -2.27. The van der Waals surface area contributed by atoms with Crippen LogP contribution in [-0.4, -0.2) is 93.2 Å². The van der Waals surface area contributed by atoms with Gasteiger partial charge in [0.25, 0.3) is 0 Å². The number of rotatable bonds is 36. The molecule has 136 heavy (non-hydrogen) atoms. The van der Waals surface area contributed by atoms with E-state index in [1.807, 2.05) is 0 Å². The second-order valence-corrected chi connectivity index (χ2v) is 57.2. The molecule has 5 heterocycles. The summed E-state index contributed by atoms with van der Waals surface area (Å²) < 4.78 is -5.80. The lowest BCUT2D eigenvalue weighted by Crippen LogP contribution is -2.19. The van der Waals surface area contributed by atoms with Crippen molar-refractivity contribution in [2.75, 3.05) is 0 Å². The first kappa shape index (κ1) is 114. The first-order chi connectivity index (χ1) is 64.6. The third-order valence-electron chi connectivity index (χ3n) is 23.6. The molecule has 0 amide bonds. The van der Waals surface area contributed by atoms with E-state index in [4.69, 9.17) is 414 Å². The van der Waals surface area contributed by atoms with Crippen molar-refractivity contribution in [3.63, 3.8) is 0 Å². The molecule has 0 saturated carbocycles. The van der Waals surface area contributed by atoms with Crippen LogP contribution in [0.4, 0.5) is 0 Å². The lowest BCUT2D eigenvalue weighted by atomic mass is 9.92. The Hall–Kier alpha value is 0.520. The van der Waals surface area contributed by atoms with Crippen molar-refractivity contribution in [1.29, 1.82) is 0 Å². The SMILES string of the molecule is SC(S)C(c1cc(/C=C/c2ccc(-c3c4nc(c(-c5ccc(/C=C/c6cc(C(C(S)S)C(S)S)cc(C(C(S)S)C(S)S)c6)cc5)c5ccc([nH]5)c(-c5ccc(/C=C/c6cc(C(C(S)S)C(S)S)cc(C(C(S)S)C(S)S)c6)cc5)c5nc(c(-c6ccc(/C=C/c7cc(C(C(S)S)C(S)S)cc(C(C(S)S)C(S)S)c7)cc6)c6ccc3[nH]6)C=C5)C=C4)cc2)cc(C(C(S)S)C(S)S)c1)C(S)S. The minimum atomic E-state index is -0.362. The average Bonchev–Trinajstić information content (AvgIpc) is 1.61. The molecule has 0 atom stereocenters. The highest BCUT2D eigenvalue weighted by Gasteiger charge is 2.34. The number of aromatic nitrogens is 4. The van der Waals surface area contributed by atoms with Crippen LogP contribution in [0.15, 0.2) is 194 Å². The van der Waals surface area contributed by atoms with Crippen LogP contribution in [0.25, 0.3) is 139 Å². The molecule has 4 nitrogen and oxygen atoms in total. The molecule has 0 aliphatic carbocycles. The summed E-state index contributed by atoms with van der Waals surface area (Å²) in [6.45, 7) is 0. The molecular formula is C100H102N4S32. The number of fused-ring (bicyclic) bond motifs is 8. The molecule has 0 unspecified atom stereocenters. The Morgan fingerprint density at radius 3 is 0.426 bits per heavy atom. The predicted molar refractivity (Wildman–Crippen MR) is 712 cm³/mol. The van der Waals surface area contributed by atoms with Crippen LogP contribution in [0.5, 0.6) is 0 Å². The fourth-order valence-corrected chi connectivity index (χ4v) is 32.3. The summed E-state index contributed by atoms with van der Waals surface area (Å²) in [6, 6.07) is 68.2. The van der Waals surface area contributed by atoms with Crippen molar-refractivity contribution >= 4 is 499 Å². The minimum Gasteiger partial charge on any atom is -0.354 e. The van der Waals surface area contributed by atoms with Crippen LogP contribution in [0.3, 0.4) is 0 Å². The van der Waals surface area contributed by atoms with Crippen molar-refractivity contribution in [3.05, 3.63) is 306 Å². The highest BCUT2D eigenvalue weighted by molar-refractivity contribution is 8.05. The fourth-order valence-electron chi connectivity index (χ4n) is 17.0. The van der Waals surface area contributed by atoms with E-state index in [1.165, 1.54) is 0 Å². The average molecular weight is 2390 g/mol. The largest absolute Gasteiger partial charge is 0.354 e. The van der Waals surface area contributed by atoms with Gasteiger partial charge in [-0.05, 0) is 160 Å². The van der Waals surface area contributed by atoms with Gasteiger partial charge in [0.05, 0.1) is 96.1 Å². The number of nitrogens with zero attached hydrogens (tertiary/aromatic N) is 2. The Balaban J connectivity index is 1.02. The summed E-state index contributed by atoms with van der Waals surface area (Å²) in [6.07, 6.45) is 25.2. The van der Waals surface area contributed by atoms with E-state index in [2.05, 4.69) is 277 Å². The van der Waals surface area contributed by atoms with Crippen molar-refractivity contribution in [2.24, 2.45) is 0 Å². The molecule has 2 aliphatic heterocycles. The molecule has 8 aromatic carbocycles. The van der Waals surface area contributed by atoms with Crippen molar-refractivity contribution < 1.29 is 0 Å². The molecule has 2 N–H and O–H groups in total. The molecule has 0 radical (unpaired) electrons. The Kier molecular flexibility index (Phi) is 43.7. The smallest absolute Gasteiger partial charge is 0.0737 e. The second-order valence-electron chi connectivity index (χ2n) is 32.9. The van der Waals surface area contributed by atoms with E-state index in [-0.39, 0.29) is 121 Å². The Labute approximate surface area is 976 Å². The molecule has 3 aromatic heterocycles. The van der Waals surface area contributed by atoms with Gasteiger partial charge in [0.1, 0.15) is 0 Å². The van der Waals surface area contributed by atoms with Crippen LogP contribution < -0.4 is 0 Å². The lowest BCUT2D eigenvalue weighted by molar-refractivity contribution is 0.810. The number of H-pyrrole nitrogens is 2. The van der Waals surface area contributed by atoms with Gasteiger partial charge < -0.3 is 9.97 Å². The quantitative estimate of drug-likeness (QED) is 0.0110. The Bertz CT molecular complexity index is 5400. The first-order valence-corrected chi connectivity index (χ1v) is 58.8. The standard InChI is InChI=1S/C100H102N4S32/c105-85(106)77(86(107)108)57-33-49(34-58(41-57)78(87(109)110)88(111)112)5-1-45-9-17-53(18-10-45)73-65-25-27-67(101-65)74(54-19-11-46(12-20-54)2-6-50-35-59(79(89(113)114)90(115)116)42-60(36-50)80(91(117)118)92(119)120)69-29-31-71(103-69)76(56-23-15-48(16-24-56)4-8-52-39-63(83(97(129)130)98(131)132)44-64(40-52)84(99(133)134)100(135)136)72-32-30-70(104-72)75(68-28-26-66(73)102-68)55-21-13-47(14-22-55)3-7-51-37-61(81(93(121)122)94(123)124)43-62(38-51)82(95(125)126)96(127)128/h1-44,77-101,104-136H/b5-1+,6-2+,7-3+,8-4+,73-65?,73-66?,74-67?,74-69?,75-68?,75-70?,76-71?,76-72?. The fraction of sp³-hybridized carbons (Fsp3) is 0.240. The molecule has 8 bridgehead atoms. The molecule has 36 heteroatoms. The van der Waals surface area contributed by atoms with Gasteiger partial charge in [0.15, 0.2) is 0 Å². The highest BCUT2D eigenvalue weighted by atomic mass is 32.2. The van der Waals surface area contributed by atoms with Gasteiger partial charge >= 0.3 is 0 Å². The van der Waals surface area contributed by atoms with Gasteiger partial charge in [-0.3, -0.25) is 0 Å². The van der Waals surface area contributed by atoms with Crippen molar-refractivity contribution in [2.45, 2.75) is 121 Å². The Morgan fingerprint density at radius 1 is 0.162 bits per heavy atom. The maximum Gasteiger partial charge on any atom is 0.0737 e. The van der Waals surface area contributed by atoms with Crippen LogP contribution in [0, 0.1) is 0 Å². The molecule has 2 aliphatic rings. The van der Waals surface area contributed by atoms with Crippen molar-refractivity contribution in [1.82, 2.24) is 19.9 Å². The van der Waals surface area contributed by atoms with Crippen LogP contribution in [0.2, 0.25) is 0 Å². The molecule has 0 fully saturated rings. The van der Waals surface area contributed by atoms with Gasteiger partial charge in [0.2, 0.25) is 0 Å². The maximum absolute atomic E-state index is 5.76. The molecular weight excluding hydrogens is 2280 g/mol. The summed E-state index contributed by atoms with van der Waals surface area (Å²) >= 11 is 154. The van der Waals surface area contributed by atoms with Gasteiger partial charge in [-0.1, -0.05) is 218 Å². The monoisotopic (exact) mass is 2380 g/mol. The number of hydrogen-bond donors (Lipinski definition) is 34. The zero-order chi connectivity index (χ0) is 98.3. The van der Waals surface area contributed by atoms with Gasteiger partial charge in [-0.25, -0.2) is 9.97 Å². The maximum atomic E-state index is 5.76. The molecule has 11 aromatic rings. The van der Waals surface area contributed by atoms with E-state index < -0.39 is 0 Å². The number of benzene rings is 8. The summed E-state index contributed by atoms with van der Waals surface area (Å²) in [4.78, 5) is 19.5. The normalized spacial score (nSPS) is 13.2. The zero-order valence-corrected chi connectivity index (χ0v) is 100. The van der Waals surface area contributed by atoms with Gasteiger partial charge in [-0.2, -0.15) is 404 Å². The number of hydrogen-bond acceptors (Lipinski definition) is 34. The molecule has 0 saturated heterocycles. The molecule has 0 spiro atoms. The van der Waals surface area contributed by atoms with E-state index in [1.54, 1.807) is 0 Å². The zero-order valence-electron chi connectivity index (χ0n) is 71.5.